The van der Waals surface area contributed by atoms with Crippen LogP contribution in [0.3, 0.4) is 0 Å². The number of phenols is 1. The van der Waals surface area contributed by atoms with E-state index < -0.39 is 0 Å². The first kappa shape index (κ1) is 10.5. The molecule has 4 nitrogen and oxygen atoms in total. The first-order chi connectivity index (χ1) is 6.63. The SMILES string of the molecule is C[C@H](CN)NC(=O)c1ccc(O)cc1. The van der Waals surface area contributed by atoms with Crippen molar-refractivity contribution in [3.8, 4) is 5.75 Å². The minimum Gasteiger partial charge on any atom is -0.508 e. The molecule has 14 heavy (non-hydrogen) atoms. The van der Waals surface area contributed by atoms with Gasteiger partial charge in [0.05, 0.1) is 0 Å². The van der Waals surface area contributed by atoms with Gasteiger partial charge in [-0.3, -0.25) is 4.79 Å². The topological polar surface area (TPSA) is 75.3 Å². The second kappa shape index (κ2) is 4.62. The summed E-state index contributed by atoms with van der Waals surface area (Å²) in [6.45, 7) is 2.24. The summed E-state index contributed by atoms with van der Waals surface area (Å²) in [5.74, 6) is -0.0311. The molecule has 0 saturated carbocycles. The number of hydrogen-bond donors (Lipinski definition) is 3. The highest BCUT2D eigenvalue weighted by Crippen LogP contribution is 2.09. The highest BCUT2D eigenvalue weighted by atomic mass is 16.3. The van der Waals surface area contributed by atoms with Gasteiger partial charge in [0.2, 0.25) is 0 Å². The van der Waals surface area contributed by atoms with E-state index in [0.29, 0.717) is 12.1 Å². The van der Waals surface area contributed by atoms with Gasteiger partial charge in [-0.2, -0.15) is 0 Å². The molecule has 0 bridgehead atoms. The number of amides is 1. The molecule has 0 radical (unpaired) electrons. The van der Waals surface area contributed by atoms with Crippen molar-refractivity contribution in [2.45, 2.75) is 13.0 Å². The number of rotatable bonds is 3. The monoisotopic (exact) mass is 194 g/mol. The zero-order valence-electron chi connectivity index (χ0n) is 8.03. The molecule has 0 aromatic heterocycles. The Bertz CT molecular complexity index is 308. The molecule has 4 N–H and O–H groups in total. The van der Waals surface area contributed by atoms with E-state index in [1.807, 2.05) is 6.92 Å². The number of carbonyl (C=O) groups excluding carboxylic acids is 1. The molecule has 1 aromatic carbocycles. The van der Waals surface area contributed by atoms with Crippen LogP contribution in [0.1, 0.15) is 17.3 Å². The van der Waals surface area contributed by atoms with Crippen molar-refractivity contribution in [1.82, 2.24) is 5.32 Å². The molecule has 0 spiro atoms. The third kappa shape index (κ3) is 2.74. The van der Waals surface area contributed by atoms with Crippen molar-refractivity contribution in [2.24, 2.45) is 5.73 Å². The maximum Gasteiger partial charge on any atom is 0.251 e. The standard InChI is InChI=1S/C10H14N2O2/c1-7(6-11)12-10(14)8-2-4-9(13)5-3-8/h2-5,7,13H,6,11H2,1H3,(H,12,14)/t7-/m1/s1. The second-order valence-electron chi connectivity index (χ2n) is 3.16. The quantitative estimate of drug-likeness (QED) is 0.654. The third-order valence-electron chi connectivity index (χ3n) is 1.86. The largest absolute Gasteiger partial charge is 0.508 e. The van der Waals surface area contributed by atoms with Crippen LogP contribution in [0.5, 0.6) is 5.75 Å². The van der Waals surface area contributed by atoms with Gasteiger partial charge in [0.1, 0.15) is 5.75 Å². The lowest BCUT2D eigenvalue weighted by molar-refractivity contribution is 0.0941. The Labute approximate surface area is 82.7 Å². The summed E-state index contributed by atoms with van der Waals surface area (Å²) in [6, 6.07) is 6.03. The highest BCUT2D eigenvalue weighted by molar-refractivity contribution is 5.94. The molecule has 0 unspecified atom stereocenters. The minimum absolute atomic E-state index is 0.0451. The van der Waals surface area contributed by atoms with Crippen LogP contribution in [0, 0.1) is 0 Å². The fourth-order valence-electron chi connectivity index (χ4n) is 0.979. The van der Waals surface area contributed by atoms with Crippen molar-refractivity contribution in [1.29, 1.82) is 0 Å². The van der Waals surface area contributed by atoms with E-state index in [4.69, 9.17) is 10.8 Å². The van der Waals surface area contributed by atoms with Crippen molar-refractivity contribution in [3.05, 3.63) is 29.8 Å². The number of nitrogens with one attached hydrogen (secondary N) is 1. The molecule has 0 aliphatic carbocycles. The first-order valence-electron chi connectivity index (χ1n) is 4.43. The number of carbonyl (C=O) groups is 1. The molecule has 0 heterocycles. The molecule has 0 aliphatic rings. The van der Waals surface area contributed by atoms with Crippen molar-refractivity contribution in [3.63, 3.8) is 0 Å². The van der Waals surface area contributed by atoms with Gasteiger partial charge in [0.15, 0.2) is 0 Å². The van der Waals surface area contributed by atoms with Crippen molar-refractivity contribution < 1.29 is 9.90 Å². The van der Waals surface area contributed by atoms with E-state index in [2.05, 4.69) is 5.32 Å². The second-order valence-corrected chi connectivity index (χ2v) is 3.16. The molecule has 76 valence electrons. The lowest BCUT2D eigenvalue weighted by Gasteiger charge is -2.10. The molecule has 0 aliphatic heterocycles. The Kier molecular flexibility index (Phi) is 3.48. The summed E-state index contributed by atoms with van der Waals surface area (Å²) in [5, 5.41) is 11.7. The van der Waals surface area contributed by atoms with Gasteiger partial charge in [0.25, 0.3) is 5.91 Å². The normalized spacial score (nSPS) is 12.1. The Morgan fingerprint density at radius 1 is 1.50 bits per heavy atom. The third-order valence-corrected chi connectivity index (χ3v) is 1.86. The predicted octanol–water partition coefficient (Wildman–Crippen LogP) is 0.469. The van der Waals surface area contributed by atoms with Crippen LogP contribution in [-0.4, -0.2) is 23.6 Å². The van der Waals surface area contributed by atoms with Crippen LogP contribution >= 0.6 is 0 Å². The van der Waals surface area contributed by atoms with Crippen LogP contribution in [0.25, 0.3) is 0 Å². The molecule has 0 fully saturated rings. The van der Waals surface area contributed by atoms with Crippen LogP contribution in [0.15, 0.2) is 24.3 Å². The highest BCUT2D eigenvalue weighted by Gasteiger charge is 2.07. The fraction of sp³-hybridized carbons (Fsp3) is 0.300. The van der Waals surface area contributed by atoms with Gasteiger partial charge in [-0.15, -0.1) is 0 Å². The molecule has 4 heteroatoms. The summed E-state index contributed by atoms with van der Waals surface area (Å²) >= 11 is 0. The van der Waals surface area contributed by atoms with E-state index >= 15 is 0 Å². The van der Waals surface area contributed by atoms with Crippen LogP contribution in [0.2, 0.25) is 0 Å². The van der Waals surface area contributed by atoms with Crippen LogP contribution in [0.4, 0.5) is 0 Å². The zero-order valence-corrected chi connectivity index (χ0v) is 8.03. The average molecular weight is 194 g/mol. The van der Waals surface area contributed by atoms with Gasteiger partial charge < -0.3 is 16.2 Å². The molecule has 0 saturated heterocycles. The summed E-state index contributed by atoms with van der Waals surface area (Å²) in [5.41, 5.74) is 5.88. The van der Waals surface area contributed by atoms with Crippen LogP contribution in [-0.2, 0) is 0 Å². The first-order valence-corrected chi connectivity index (χ1v) is 4.43. The maximum atomic E-state index is 11.5. The van der Waals surface area contributed by atoms with E-state index in [9.17, 15) is 4.79 Å². The van der Waals surface area contributed by atoms with Gasteiger partial charge in [0, 0.05) is 18.2 Å². The van der Waals surface area contributed by atoms with E-state index in [0.717, 1.165) is 0 Å². The molecule has 1 rings (SSSR count). The number of benzene rings is 1. The molecular formula is C10H14N2O2. The number of nitrogens with two attached hydrogens (primary N) is 1. The van der Waals surface area contributed by atoms with Gasteiger partial charge in [-0.05, 0) is 31.2 Å². The van der Waals surface area contributed by atoms with E-state index in [-0.39, 0.29) is 17.7 Å². The Morgan fingerprint density at radius 3 is 2.57 bits per heavy atom. The minimum atomic E-state index is -0.178. The zero-order chi connectivity index (χ0) is 10.6. The van der Waals surface area contributed by atoms with Crippen molar-refractivity contribution >= 4 is 5.91 Å². The predicted molar refractivity (Wildman–Crippen MR) is 54.1 cm³/mol. The summed E-state index contributed by atoms with van der Waals surface area (Å²) < 4.78 is 0. The number of aromatic hydroxyl groups is 1. The Hall–Kier alpha value is -1.55. The Morgan fingerprint density at radius 2 is 2.07 bits per heavy atom. The van der Waals surface area contributed by atoms with Crippen LogP contribution < -0.4 is 11.1 Å². The smallest absolute Gasteiger partial charge is 0.251 e. The summed E-state index contributed by atoms with van der Waals surface area (Å²) in [7, 11) is 0. The van der Waals surface area contributed by atoms with Crippen molar-refractivity contribution in [2.75, 3.05) is 6.54 Å². The summed E-state index contributed by atoms with van der Waals surface area (Å²) in [6.07, 6.45) is 0. The number of hydrogen-bond acceptors (Lipinski definition) is 3. The molecular weight excluding hydrogens is 180 g/mol. The molecule has 1 atom stereocenters. The Balaban J connectivity index is 2.65. The number of phenolic OH excluding ortho intramolecular Hbond substituents is 1. The van der Waals surface area contributed by atoms with Gasteiger partial charge >= 0.3 is 0 Å². The summed E-state index contributed by atoms with van der Waals surface area (Å²) in [4.78, 5) is 11.5. The van der Waals surface area contributed by atoms with E-state index in [1.165, 1.54) is 12.1 Å². The maximum absolute atomic E-state index is 11.5. The molecule has 1 aromatic rings. The van der Waals surface area contributed by atoms with Gasteiger partial charge in [-0.25, -0.2) is 0 Å². The lowest BCUT2D eigenvalue weighted by Crippen LogP contribution is -2.37. The van der Waals surface area contributed by atoms with E-state index in [1.54, 1.807) is 12.1 Å². The molecule has 1 amide bonds. The average Bonchev–Trinajstić information content (AvgIpc) is 2.18. The van der Waals surface area contributed by atoms with Gasteiger partial charge in [-0.1, -0.05) is 0 Å². The lowest BCUT2D eigenvalue weighted by atomic mass is 10.2. The fourth-order valence-corrected chi connectivity index (χ4v) is 0.979.